The third kappa shape index (κ3) is 43.3. The van der Waals surface area contributed by atoms with E-state index >= 15 is 0 Å². The Kier molecular flexibility index (Phi) is 43.1. The molecule has 0 aromatic rings. The maximum atomic E-state index is 12.6. The predicted octanol–water partition coefficient (Wildman–Crippen LogP) is 14.9. The normalized spacial score (nSPS) is 13.3. The first kappa shape index (κ1) is 52.6. The topological polar surface area (TPSA) is 61.8 Å². The molecule has 0 aromatic heterocycles. The van der Waals surface area contributed by atoms with Gasteiger partial charge in [0.2, 0.25) is 0 Å². The lowest BCUT2D eigenvalue weighted by Crippen LogP contribution is -2.29. The van der Waals surface area contributed by atoms with E-state index in [4.69, 9.17) is 14.2 Å². The number of carbonyl (C=O) groups excluding carboxylic acids is 2. The zero-order chi connectivity index (χ0) is 40.7. The molecule has 1 unspecified atom stereocenters. The SMILES string of the molecule is CC/C=C\C/C=C\C/C=C\C/C=C\C/C=C\CC(=O)OC(COCCCCCCCC)COC(=O)CCCCCCCC/C=C\C/C=C\C/C=C\C/C=C\CC. The van der Waals surface area contributed by atoms with Crippen LogP contribution < -0.4 is 0 Å². The summed E-state index contributed by atoms with van der Waals surface area (Å²) in [6.45, 7) is 7.41. The van der Waals surface area contributed by atoms with Crippen molar-refractivity contribution in [3.8, 4) is 0 Å². The Morgan fingerprint density at radius 1 is 0.429 bits per heavy atom. The molecule has 5 heteroatoms. The van der Waals surface area contributed by atoms with Gasteiger partial charge in [0.25, 0.3) is 0 Å². The highest BCUT2D eigenvalue weighted by molar-refractivity contribution is 5.71. The van der Waals surface area contributed by atoms with Crippen LogP contribution in [-0.2, 0) is 23.8 Å². The maximum Gasteiger partial charge on any atom is 0.310 e. The number of rotatable bonds is 39. The van der Waals surface area contributed by atoms with Crippen LogP contribution in [0.15, 0.2) is 109 Å². The van der Waals surface area contributed by atoms with Crippen LogP contribution in [0.5, 0.6) is 0 Å². The third-order valence-corrected chi connectivity index (χ3v) is 8.84. The van der Waals surface area contributed by atoms with Gasteiger partial charge in [0.1, 0.15) is 6.61 Å². The van der Waals surface area contributed by atoms with Gasteiger partial charge < -0.3 is 14.2 Å². The Balaban J connectivity index is 4.28. The van der Waals surface area contributed by atoms with Gasteiger partial charge in [-0.2, -0.15) is 0 Å². The van der Waals surface area contributed by atoms with Gasteiger partial charge in [-0.25, -0.2) is 0 Å². The minimum atomic E-state index is -0.598. The molecule has 0 aromatic carbocycles. The molecule has 56 heavy (non-hydrogen) atoms. The number of ether oxygens (including phenoxy) is 3. The quantitative estimate of drug-likeness (QED) is 0.0354. The molecule has 0 N–H and O–H groups in total. The van der Waals surface area contributed by atoms with Crippen LogP contribution in [-0.4, -0.2) is 37.9 Å². The molecule has 0 aliphatic carbocycles. The van der Waals surface area contributed by atoms with E-state index in [1.807, 2.05) is 12.2 Å². The van der Waals surface area contributed by atoms with Gasteiger partial charge >= 0.3 is 11.9 Å². The number of esters is 2. The highest BCUT2D eigenvalue weighted by atomic mass is 16.6. The molecule has 0 amide bonds. The molecule has 0 heterocycles. The first-order valence-corrected chi connectivity index (χ1v) is 22.4. The molecule has 1 atom stereocenters. The highest BCUT2D eigenvalue weighted by Crippen LogP contribution is 2.11. The van der Waals surface area contributed by atoms with Crippen LogP contribution in [0.4, 0.5) is 0 Å². The molecule has 0 fully saturated rings. The van der Waals surface area contributed by atoms with Gasteiger partial charge in [-0.1, -0.05) is 188 Å². The van der Waals surface area contributed by atoms with Gasteiger partial charge in [0, 0.05) is 13.0 Å². The lowest BCUT2D eigenvalue weighted by atomic mass is 10.1. The van der Waals surface area contributed by atoms with E-state index in [1.165, 1.54) is 44.9 Å². The average molecular weight is 775 g/mol. The Morgan fingerprint density at radius 3 is 1.38 bits per heavy atom. The Morgan fingerprint density at radius 2 is 0.857 bits per heavy atom. The summed E-state index contributed by atoms with van der Waals surface area (Å²) in [7, 11) is 0. The monoisotopic (exact) mass is 775 g/mol. The molecule has 0 rings (SSSR count). The highest BCUT2D eigenvalue weighted by Gasteiger charge is 2.17. The second-order valence-electron chi connectivity index (χ2n) is 14.2. The summed E-state index contributed by atoms with van der Waals surface area (Å²) >= 11 is 0. The molecular weight excluding hydrogens is 693 g/mol. The van der Waals surface area contributed by atoms with Crippen molar-refractivity contribution < 1.29 is 23.8 Å². The van der Waals surface area contributed by atoms with E-state index in [-0.39, 0.29) is 31.6 Å². The van der Waals surface area contributed by atoms with E-state index < -0.39 is 6.10 Å². The molecule has 0 saturated carbocycles. The van der Waals surface area contributed by atoms with Crippen molar-refractivity contribution in [2.75, 3.05) is 19.8 Å². The van der Waals surface area contributed by atoms with Crippen LogP contribution >= 0.6 is 0 Å². The smallest absolute Gasteiger partial charge is 0.310 e. The fourth-order valence-corrected chi connectivity index (χ4v) is 5.57. The van der Waals surface area contributed by atoms with Crippen molar-refractivity contribution in [1.29, 1.82) is 0 Å². The van der Waals surface area contributed by atoms with E-state index in [9.17, 15) is 9.59 Å². The lowest BCUT2D eigenvalue weighted by Gasteiger charge is -2.18. The second-order valence-corrected chi connectivity index (χ2v) is 14.2. The van der Waals surface area contributed by atoms with E-state index in [2.05, 4.69) is 118 Å². The zero-order valence-corrected chi connectivity index (χ0v) is 36.1. The number of allylic oxidation sites excluding steroid dienone is 17. The maximum absolute atomic E-state index is 12.6. The third-order valence-electron chi connectivity index (χ3n) is 8.84. The standard InChI is InChI=1S/C51H82O5/c1-4-7-10-13-16-18-20-22-24-25-26-27-29-30-32-34-36-38-41-44-50(52)55-48-49(47-54-46-43-40-15-12-9-6-3)56-51(53)45-42-39-37-35-33-31-28-23-21-19-17-14-11-8-5-2/h7-8,10-11,16-19,22-24,26-28,33,35,39,42,49H,4-6,9,12-15,20-21,25,29-32,34,36-38,40-41,43-48H2,1-3H3/b10-7-,11-8-,18-16-,19-17-,24-22-,27-26-,28-23-,35-33-,42-39-. The van der Waals surface area contributed by atoms with Crippen LogP contribution in [0.25, 0.3) is 0 Å². The summed E-state index contributed by atoms with van der Waals surface area (Å²) < 4.78 is 17.1. The average Bonchev–Trinajstić information content (AvgIpc) is 3.20. The first-order chi connectivity index (χ1) is 27.6. The predicted molar refractivity (Wildman–Crippen MR) is 242 cm³/mol. The summed E-state index contributed by atoms with van der Waals surface area (Å²) in [4.78, 5) is 25.1. The van der Waals surface area contributed by atoms with E-state index in [0.29, 0.717) is 13.0 Å². The number of unbranched alkanes of at least 4 members (excludes halogenated alkanes) is 11. The van der Waals surface area contributed by atoms with Crippen LogP contribution in [0.2, 0.25) is 0 Å². The van der Waals surface area contributed by atoms with Crippen molar-refractivity contribution in [1.82, 2.24) is 0 Å². The largest absolute Gasteiger partial charge is 0.462 e. The Hall–Kier alpha value is -3.44. The second kappa shape index (κ2) is 45.9. The van der Waals surface area contributed by atoms with Crippen molar-refractivity contribution in [3.63, 3.8) is 0 Å². The molecule has 0 saturated heterocycles. The van der Waals surface area contributed by atoms with E-state index in [1.54, 1.807) is 0 Å². The van der Waals surface area contributed by atoms with Crippen LogP contribution in [0, 0.1) is 0 Å². The molecule has 0 radical (unpaired) electrons. The van der Waals surface area contributed by atoms with Crippen molar-refractivity contribution in [2.45, 2.75) is 181 Å². The molecule has 0 bridgehead atoms. The minimum absolute atomic E-state index is 0.0318. The van der Waals surface area contributed by atoms with E-state index in [0.717, 1.165) is 96.3 Å². The minimum Gasteiger partial charge on any atom is -0.462 e. The number of hydrogen-bond donors (Lipinski definition) is 0. The van der Waals surface area contributed by atoms with Crippen molar-refractivity contribution in [3.05, 3.63) is 109 Å². The van der Waals surface area contributed by atoms with Crippen LogP contribution in [0.3, 0.4) is 0 Å². The lowest BCUT2D eigenvalue weighted by molar-refractivity contribution is -0.162. The Labute approximate surface area is 344 Å². The van der Waals surface area contributed by atoms with Crippen molar-refractivity contribution in [2.24, 2.45) is 0 Å². The zero-order valence-electron chi connectivity index (χ0n) is 36.1. The van der Waals surface area contributed by atoms with Crippen LogP contribution in [0.1, 0.15) is 175 Å². The molecule has 0 spiro atoms. The summed E-state index contributed by atoms with van der Waals surface area (Å²) in [5, 5.41) is 0. The summed E-state index contributed by atoms with van der Waals surface area (Å²) in [6.07, 6.45) is 62.6. The number of hydrogen-bond acceptors (Lipinski definition) is 5. The Bertz CT molecular complexity index is 1150. The van der Waals surface area contributed by atoms with Gasteiger partial charge in [0.05, 0.1) is 13.0 Å². The molecule has 0 aliphatic heterocycles. The molecular formula is C51H82O5. The van der Waals surface area contributed by atoms with Gasteiger partial charge in [-0.3, -0.25) is 9.59 Å². The van der Waals surface area contributed by atoms with Gasteiger partial charge in [0.15, 0.2) is 6.10 Å². The number of carbonyl (C=O) groups is 2. The fourth-order valence-electron chi connectivity index (χ4n) is 5.57. The molecule has 5 nitrogen and oxygen atoms in total. The fraction of sp³-hybridized carbons (Fsp3) is 0.608. The van der Waals surface area contributed by atoms with Crippen molar-refractivity contribution >= 4 is 11.9 Å². The summed E-state index contributed by atoms with van der Waals surface area (Å²) in [5.74, 6) is -0.572. The summed E-state index contributed by atoms with van der Waals surface area (Å²) in [5.41, 5.74) is 0. The summed E-state index contributed by atoms with van der Waals surface area (Å²) in [6, 6.07) is 0. The van der Waals surface area contributed by atoms with Gasteiger partial charge in [-0.15, -0.1) is 0 Å². The molecule has 316 valence electrons. The first-order valence-electron chi connectivity index (χ1n) is 22.4. The van der Waals surface area contributed by atoms with Gasteiger partial charge in [-0.05, 0) is 83.5 Å². The molecule has 0 aliphatic rings.